The van der Waals surface area contributed by atoms with E-state index in [1.54, 1.807) is 6.92 Å². The van der Waals surface area contributed by atoms with Gasteiger partial charge in [-0.1, -0.05) is 11.6 Å². The van der Waals surface area contributed by atoms with Gasteiger partial charge in [0.05, 0.1) is 5.02 Å². The Labute approximate surface area is 91.1 Å². The van der Waals surface area contributed by atoms with Crippen LogP contribution in [0.1, 0.15) is 17.5 Å². The largest absolute Gasteiger partial charge is 0.505 e. The number of phenols is 1. The molecular formula is C10H10ClFO3. The van der Waals surface area contributed by atoms with E-state index in [-0.39, 0.29) is 23.4 Å². The molecule has 0 aromatic heterocycles. The first kappa shape index (κ1) is 11.8. The number of rotatable bonds is 3. The monoisotopic (exact) mass is 232 g/mol. The van der Waals surface area contributed by atoms with Crippen molar-refractivity contribution in [2.45, 2.75) is 19.8 Å². The lowest BCUT2D eigenvalue weighted by Gasteiger charge is -2.09. The third-order valence-electron chi connectivity index (χ3n) is 2.06. The molecule has 1 aromatic carbocycles. The van der Waals surface area contributed by atoms with E-state index in [1.165, 1.54) is 0 Å². The average molecular weight is 233 g/mol. The van der Waals surface area contributed by atoms with Crippen molar-refractivity contribution in [3.05, 3.63) is 28.0 Å². The fourth-order valence-electron chi connectivity index (χ4n) is 1.27. The van der Waals surface area contributed by atoms with Crippen molar-refractivity contribution < 1.29 is 19.4 Å². The van der Waals surface area contributed by atoms with Gasteiger partial charge in [-0.15, -0.1) is 0 Å². The number of halogens is 2. The molecule has 0 aliphatic heterocycles. The number of carboxylic acid groups (broad SMARTS) is 1. The van der Waals surface area contributed by atoms with Gasteiger partial charge >= 0.3 is 5.97 Å². The molecule has 0 saturated carbocycles. The number of carbonyl (C=O) groups is 1. The van der Waals surface area contributed by atoms with Crippen LogP contribution in [0, 0.1) is 12.7 Å². The molecule has 0 bridgehead atoms. The molecule has 1 rings (SSSR count). The van der Waals surface area contributed by atoms with E-state index >= 15 is 0 Å². The smallest absolute Gasteiger partial charge is 0.303 e. The molecule has 0 fully saturated rings. The maximum atomic E-state index is 13.1. The Morgan fingerprint density at radius 2 is 2.20 bits per heavy atom. The predicted molar refractivity (Wildman–Crippen MR) is 53.8 cm³/mol. The lowest BCUT2D eigenvalue weighted by molar-refractivity contribution is -0.136. The second-order valence-electron chi connectivity index (χ2n) is 3.21. The van der Waals surface area contributed by atoms with Gasteiger partial charge in [0.25, 0.3) is 0 Å². The first-order chi connectivity index (χ1) is 6.93. The zero-order chi connectivity index (χ0) is 11.6. The lowest BCUT2D eigenvalue weighted by Crippen LogP contribution is -2.00. The Balaban J connectivity index is 3.09. The highest BCUT2D eigenvalue weighted by atomic mass is 35.5. The van der Waals surface area contributed by atoms with E-state index in [4.69, 9.17) is 16.7 Å². The van der Waals surface area contributed by atoms with E-state index in [9.17, 15) is 14.3 Å². The number of carboxylic acids is 1. The zero-order valence-corrected chi connectivity index (χ0v) is 8.81. The summed E-state index contributed by atoms with van der Waals surface area (Å²) in [6.45, 7) is 1.59. The number of hydrogen-bond donors (Lipinski definition) is 2. The maximum absolute atomic E-state index is 13.1. The van der Waals surface area contributed by atoms with Gasteiger partial charge in [-0.25, -0.2) is 4.39 Å². The van der Waals surface area contributed by atoms with Crippen molar-refractivity contribution in [2.24, 2.45) is 0 Å². The molecule has 2 N–H and O–H groups in total. The standard InChI is InChI=1S/C10H10ClFO3/c1-5-4-7(12)10(15)6(9(5)11)2-3-8(13)14/h4,15H,2-3H2,1H3,(H,13,14). The van der Waals surface area contributed by atoms with Crippen LogP contribution in [-0.2, 0) is 11.2 Å². The third-order valence-corrected chi connectivity index (χ3v) is 2.58. The van der Waals surface area contributed by atoms with Crippen molar-refractivity contribution >= 4 is 17.6 Å². The topological polar surface area (TPSA) is 57.5 Å². The highest BCUT2D eigenvalue weighted by Crippen LogP contribution is 2.32. The molecule has 0 unspecified atom stereocenters. The summed E-state index contributed by atoms with van der Waals surface area (Å²) in [4.78, 5) is 10.3. The second kappa shape index (κ2) is 4.49. The van der Waals surface area contributed by atoms with Crippen molar-refractivity contribution in [1.82, 2.24) is 0 Å². The number of aromatic hydroxyl groups is 1. The summed E-state index contributed by atoms with van der Waals surface area (Å²) < 4.78 is 13.1. The summed E-state index contributed by atoms with van der Waals surface area (Å²) in [5, 5.41) is 18.1. The molecular weight excluding hydrogens is 223 g/mol. The van der Waals surface area contributed by atoms with E-state index in [2.05, 4.69) is 0 Å². The molecule has 15 heavy (non-hydrogen) atoms. The number of aliphatic carboxylic acids is 1. The minimum Gasteiger partial charge on any atom is -0.505 e. The van der Waals surface area contributed by atoms with Gasteiger partial charge in [0, 0.05) is 12.0 Å². The molecule has 1 aromatic rings. The average Bonchev–Trinajstić information content (AvgIpc) is 2.14. The molecule has 0 heterocycles. The van der Waals surface area contributed by atoms with Crippen LogP contribution in [0.3, 0.4) is 0 Å². The fraction of sp³-hybridized carbons (Fsp3) is 0.300. The maximum Gasteiger partial charge on any atom is 0.303 e. The van der Waals surface area contributed by atoms with Gasteiger partial charge in [0.2, 0.25) is 0 Å². The normalized spacial score (nSPS) is 10.3. The van der Waals surface area contributed by atoms with Crippen LogP contribution in [0.2, 0.25) is 5.02 Å². The lowest BCUT2D eigenvalue weighted by atomic mass is 10.0. The molecule has 0 radical (unpaired) electrons. The van der Waals surface area contributed by atoms with Crippen LogP contribution >= 0.6 is 11.6 Å². The van der Waals surface area contributed by atoms with Crippen LogP contribution in [-0.4, -0.2) is 16.2 Å². The first-order valence-corrected chi connectivity index (χ1v) is 4.69. The number of benzene rings is 1. The molecule has 0 amide bonds. The van der Waals surface area contributed by atoms with Crippen molar-refractivity contribution in [3.63, 3.8) is 0 Å². The Kier molecular flexibility index (Phi) is 3.52. The van der Waals surface area contributed by atoms with Gasteiger partial charge in [0.1, 0.15) is 0 Å². The van der Waals surface area contributed by atoms with Crippen LogP contribution in [0.5, 0.6) is 5.75 Å². The highest BCUT2D eigenvalue weighted by molar-refractivity contribution is 6.32. The van der Waals surface area contributed by atoms with Crippen LogP contribution in [0.15, 0.2) is 6.07 Å². The Morgan fingerprint density at radius 3 is 2.73 bits per heavy atom. The molecule has 82 valence electrons. The summed E-state index contributed by atoms with van der Waals surface area (Å²) >= 11 is 5.83. The highest BCUT2D eigenvalue weighted by Gasteiger charge is 2.15. The van der Waals surface area contributed by atoms with Crippen LogP contribution in [0.4, 0.5) is 4.39 Å². The molecule has 3 nitrogen and oxygen atoms in total. The molecule has 0 aliphatic carbocycles. The minimum atomic E-state index is -1.02. The summed E-state index contributed by atoms with van der Waals surface area (Å²) in [6.07, 6.45) is -0.186. The number of aryl methyl sites for hydroxylation is 1. The van der Waals surface area contributed by atoms with Gasteiger partial charge in [-0.3, -0.25) is 4.79 Å². The first-order valence-electron chi connectivity index (χ1n) is 4.31. The molecule has 0 aliphatic rings. The predicted octanol–water partition coefficient (Wildman–Crippen LogP) is 2.51. The van der Waals surface area contributed by atoms with Gasteiger partial charge in [-0.2, -0.15) is 0 Å². The summed E-state index contributed by atoms with van der Waals surface area (Å²) in [5.41, 5.74) is 0.629. The van der Waals surface area contributed by atoms with Gasteiger partial charge < -0.3 is 10.2 Å². The molecule has 0 spiro atoms. The summed E-state index contributed by atoms with van der Waals surface area (Å²) in [7, 11) is 0. The van der Waals surface area contributed by atoms with Crippen LogP contribution in [0.25, 0.3) is 0 Å². The third kappa shape index (κ3) is 2.59. The van der Waals surface area contributed by atoms with Gasteiger partial charge in [-0.05, 0) is 25.0 Å². The van der Waals surface area contributed by atoms with Crippen molar-refractivity contribution in [2.75, 3.05) is 0 Å². The molecule has 5 heteroatoms. The minimum absolute atomic E-state index is 0.0125. The Hall–Kier alpha value is -1.29. The fourth-order valence-corrected chi connectivity index (χ4v) is 1.51. The second-order valence-corrected chi connectivity index (χ2v) is 3.59. The molecule has 0 atom stereocenters. The quantitative estimate of drug-likeness (QED) is 0.842. The van der Waals surface area contributed by atoms with Crippen molar-refractivity contribution in [1.29, 1.82) is 0 Å². The number of phenolic OH excluding ortho intramolecular Hbond substituents is 1. The van der Waals surface area contributed by atoms with Crippen LogP contribution < -0.4 is 0 Å². The summed E-state index contributed by atoms with van der Waals surface area (Å²) in [5.74, 6) is -2.36. The zero-order valence-electron chi connectivity index (χ0n) is 8.05. The van der Waals surface area contributed by atoms with Crippen molar-refractivity contribution in [3.8, 4) is 5.75 Å². The van der Waals surface area contributed by atoms with E-state index in [0.29, 0.717) is 5.56 Å². The Bertz CT molecular complexity index is 378. The van der Waals surface area contributed by atoms with E-state index in [1.807, 2.05) is 0 Å². The number of hydrogen-bond acceptors (Lipinski definition) is 2. The van der Waals surface area contributed by atoms with E-state index in [0.717, 1.165) is 6.07 Å². The van der Waals surface area contributed by atoms with Gasteiger partial charge in [0.15, 0.2) is 11.6 Å². The molecule has 0 saturated heterocycles. The van der Waals surface area contributed by atoms with E-state index < -0.39 is 17.5 Å². The Morgan fingerprint density at radius 1 is 1.60 bits per heavy atom. The summed E-state index contributed by atoms with van der Waals surface area (Å²) in [6, 6.07) is 1.11. The SMILES string of the molecule is Cc1cc(F)c(O)c(CCC(=O)O)c1Cl.